The van der Waals surface area contributed by atoms with Crippen molar-refractivity contribution in [2.45, 2.75) is 13.3 Å². The van der Waals surface area contributed by atoms with E-state index in [0.29, 0.717) is 17.8 Å². The van der Waals surface area contributed by atoms with Crippen LogP contribution >= 0.6 is 11.6 Å². The maximum Gasteiger partial charge on any atom is 0.313 e. The number of nitro benzene ring substituents is 1. The molecule has 1 heterocycles. The molecule has 0 bridgehead atoms. The molecule has 9 heteroatoms. The highest BCUT2D eigenvalue weighted by molar-refractivity contribution is 6.30. The summed E-state index contributed by atoms with van der Waals surface area (Å²) in [6.07, 6.45) is 1.79. The van der Waals surface area contributed by atoms with Gasteiger partial charge in [0.05, 0.1) is 10.5 Å². The van der Waals surface area contributed by atoms with Crippen molar-refractivity contribution in [3.05, 3.63) is 45.2 Å². The Kier molecular flexibility index (Phi) is 4.51. The van der Waals surface area contributed by atoms with Crippen LogP contribution in [0.1, 0.15) is 12.5 Å². The minimum absolute atomic E-state index is 0.0424. The second kappa shape index (κ2) is 6.33. The molecule has 0 aliphatic carbocycles. The lowest BCUT2D eigenvalue weighted by Crippen LogP contribution is -2.12. The quantitative estimate of drug-likeness (QED) is 0.495. The van der Waals surface area contributed by atoms with Crippen LogP contribution in [0.3, 0.4) is 0 Å². The largest absolute Gasteiger partial charge is 0.431 e. The number of ether oxygens (including phenoxy) is 1. The van der Waals surface area contributed by atoms with Crippen LogP contribution in [0.4, 0.5) is 11.5 Å². The molecule has 2 aromatic rings. The molecule has 0 saturated carbocycles. The van der Waals surface area contributed by atoms with Gasteiger partial charge in [-0.3, -0.25) is 10.1 Å². The number of benzene rings is 1. The third-order valence-corrected chi connectivity index (χ3v) is 2.96. The standard InChI is InChI=1S/C12H12ClN5O3/c1-2-8-11(17-14)15-6-16-12(8)21-10-4-3-7(13)5-9(10)18(19)20/h3-6H,2,14H2,1H3,(H,15,16,17). The van der Waals surface area contributed by atoms with E-state index in [0.717, 1.165) is 0 Å². The summed E-state index contributed by atoms with van der Waals surface area (Å²) in [5.74, 6) is 6.01. The van der Waals surface area contributed by atoms with Gasteiger partial charge in [0.25, 0.3) is 0 Å². The third kappa shape index (κ3) is 3.18. The molecule has 0 atom stereocenters. The highest BCUT2D eigenvalue weighted by Crippen LogP contribution is 2.35. The molecule has 21 heavy (non-hydrogen) atoms. The Balaban J connectivity index is 2.46. The van der Waals surface area contributed by atoms with Crippen molar-refractivity contribution >= 4 is 23.1 Å². The molecule has 0 radical (unpaired) electrons. The molecule has 0 saturated heterocycles. The second-order valence-corrected chi connectivity index (χ2v) is 4.41. The topological polar surface area (TPSA) is 116 Å². The molecule has 110 valence electrons. The first-order valence-electron chi connectivity index (χ1n) is 5.99. The van der Waals surface area contributed by atoms with E-state index in [1.165, 1.54) is 24.5 Å². The molecule has 2 rings (SSSR count). The van der Waals surface area contributed by atoms with Gasteiger partial charge < -0.3 is 10.2 Å². The van der Waals surface area contributed by atoms with Crippen LogP contribution in [-0.2, 0) is 6.42 Å². The summed E-state index contributed by atoms with van der Waals surface area (Å²) in [4.78, 5) is 18.4. The summed E-state index contributed by atoms with van der Waals surface area (Å²) < 4.78 is 5.54. The van der Waals surface area contributed by atoms with Gasteiger partial charge >= 0.3 is 5.69 Å². The summed E-state index contributed by atoms with van der Waals surface area (Å²) >= 11 is 5.76. The fourth-order valence-corrected chi connectivity index (χ4v) is 1.92. The minimum atomic E-state index is -0.573. The number of rotatable bonds is 5. The zero-order valence-corrected chi connectivity index (χ0v) is 11.8. The number of hydrogen-bond acceptors (Lipinski definition) is 7. The van der Waals surface area contributed by atoms with Crippen LogP contribution in [0.25, 0.3) is 0 Å². The van der Waals surface area contributed by atoms with Crippen molar-refractivity contribution in [3.8, 4) is 11.6 Å². The van der Waals surface area contributed by atoms with Crippen LogP contribution in [0.15, 0.2) is 24.5 Å². The maximum absolute atomic E-state index is 11.0. The molecule has 1 aromatic heterocycles. The lowest BCUT2D eigenvalue weighted by molar-refractivity contribution is -0.385. The predicted molar refractivity (Wildman–Crippen MR) is 77.4 cm³/mol. The van der Waals surface area contributed by atoms with Crippen molar-refractivity contribution in [2.24, 2.45) is 5.84 Å². The van der Waals surface area contributed by atoms with Crippen LogP contribution in [0, 0.1) is 10.1 Å². The van der Waals surface area contributed by atoms with Crippen molar-refractivity contribution in [3.63, 3.8) is 0 Å². The molecule has 0 unspecified atom stereocenters. The molecule has 0 aliphatic heterocycles. The van der Waals surface area contributed by atoms with Gasteiger partial charge in [0.15, 0.2) is 0 Å². The van der Waals surface area contributed by atoms with E-state index >= 15 is 0 Å². The number of halogens is 1. The number of nitrogen functional groups attached to an aromatic ring is 1. The Morgan fingerprint density at radius 1 is 1.48 bits per heavy atom. The Hall–Kier alpha value is -2.45. The molecule has 1 aromatic carbocycles. The number of hydrogen-bond donors (Lipinski definition) is 2. The van der Waals surface area contributed by atoms with Gasteiger partial charge in [-0.05, 0) is 18.6 Å². The number of nitro groups is 1. The van der Waals surface area contributed by atoms with E-state index in [9.17, 15) is 10.1 Å². The van der Waals surface area contributed by atoms with Crippen molar-refractivity contribution < 1.29 is 9.66 Å². The third-order valence-electron chi connectivity index (χ3n) is 2.72. The van der Waals surface area contributed by atoms with Crippen molar-refractivity contribution in [1.82, 2.24) is 9.97 Å². The Morgan fingerprint density at radius 2 is 2.24 bits per heavy atom. The maximum atomic E-state index is 11.0. The highest BCUT2D eigenvalue weighted by Gasteiger charge is 2.19. The van der Waals surface area contributed by atoms with Gasteiger partial charge in [-0.25, -0.2) is 15.8 Å². The van der Waals surface area contributed by atoms with Gasteiger partial charge in [-0.2, -0.15) is 0 Å². The number of nitrogens with one attached hydrogen (secondary N) is 1. The number of nitrogens with two attached hydrogens (primary N) is 1. The monoisotopic (exact) mass is 309 g/mol. The summed E-state index contributed by atoms with van der Waals surface area (Å²) in [5.41, 5.74) is 2.80. The van der Waals surface area contributed by atoms with E-state index in [1.54, 1.807) is 0 Å². The van der Waals surface area contributed by atoms with Gasteiger partial charge in [0, 0.05) is 11.1 Å². The summed E-state index contributed by atoms with van der Waals surface area (Å²) in [6.45, 7) is 1.86. The first-order valence-corrected chi connectivity index (χ1v) is 6.36. The van der Waals surface area contributed by atoms with Crippen molar-refractivity contribution in [2.75, 3.05) is 5.43 Å². The highest BCUT2D eigenvalue weighted by atomic mass is 35.5. The Morgan fingerprint density at radius 3 is 2.86 bits per heavy atom. The van der Waals surface area contributed by atoms with Crippen LogP contribution in [0.2, 0.25) is 5.02 Å². The van der Waals surface area contributed by atoms with Gasteiger partial charge in [0.2, 0.25) is 11.6 Å². The van der Waals surface area contributed by atoms with E-state index in [2.05, 4.69) is 15.4 Å². The molecule has 0 spiro atoms. The SMILES string of the molecule is CCc1c(NN)ncnc1Oc1ccc(Cl)cc1[N+](=O)[O-]. The zero-order valence-electron chi connectivity index (χ0n) is 11.0. The summed E-state index contributed by atoms with van der Waals surface area (Å²) in [5, 5.41) is 11.3. The Bertz CT molecular complexity index is 680. The lowest BCUT2D eigenvalue weighted by atomic mass is 10.2. The van der Waals surface area contributed by atoms with E-state index in [4.69, 9.17) is 22.2 Å². The molecular formula is C12H12ClN5O3. The van der Waals surface area contributed by atoms with Crippen LogP contribution < -0.4 is 16.0 Å². The van der Waals surface area contributed by atoms with Crippen molar-refractivity contribution in [1.29, 1.82) is 0 Å². The number of anilines is 1. The van der Waals surface area contributed by atoms with Gasteiger partial charge in [0.1, 0.15) is 12.1 Å². The molecule has 0 fully saturated rings. The van der Waals surface area contributed by atoms with Gasteiger partial charge in [-0.15, -0.1) is 0 Å². The van der Waals surface area contributed by atoms with Gasteiger partial charge in [-0.1, -0.05) is 18.5 Å². The Labute approximate surface area is 125 Å². The molecule has 0 amide bonds. The summed E-state index contributed by atoms with van der Waals surface area (Å²) in [7, 11) is 0. The molecule has 3 N–H and O–H groups in total. The first kappa shape index (κ1) is 14.9. The molecular weight excluding hydrogens is 298 g/mol. The average molecular weight is 310 g/mol. The second-order valence-electron chi connectivity index (χ2n) is 3.98. The zero-order chi connectivity index (χ0) is 15.4. The molecule has 8 nitrogen and oxygen atoms in total. The van der Waals surface area contributed by atoms with E-state index in [1.807, 2.05) is 6.92 Å². The average Bonchev–Trinajstić information content (AvgIpc) is 2.48. The number of nitrogens with zero attached hydrogens (tertiary/aromatic N) is 3. The predicted octanol–water partition coefficient (Wildman–Crippen LogP) is 2.68. The smallest absolute Gasteiger partial charge is 0.313 e. The van der Waals surface area contributed by atoms with Crippen LogP contribution in [0.5, 0.6) is 11.6 Å². The van der Waals surface area contributed by atoms with E-state index < -0.39 is 4.92 Å². The minimum Gasteiger partial charge on any atom is -0.431 e. The number of hydrazine groups is 1. The first-order chi connectivity index (χ1) is 10.1. The fourth-order valence-electron chi connectivity index (χ4n) is 1.75. The van der Waals surface area contributed by atoms with Crippen LogP contribution in [-0.4, -0.2) is 14.9 Å². The normalized spacial score (nSPS) is 10.2. The lowest BCUT2D eigenvalue weighted by Gasteiger charge is -2.11. The number of aromatic nitrogens is 2. The fraction of sp³-hybridized carbons (Fsp3) is 0.167. The summed E-state index contributed by atoms with van der Waals surface area (Å²) in [6, 6.07) is 4.13. The van der Waals surface area contributed by atoms with E-state index in [-0.39, 0.29) is 22.3 Å². The molecule has 0 aliphatic rings.